The van der Waals surface area contributed by atoms with Crippen LogP contribution in [0.25, 0.3) is 5.76 Å². The van der Waals surface area contributed by atoms with Crippen LogP contribution in [0.15, 0.2) is 54.1 Å². The molecule has 0 aromatic heterocycles. The fraction of sp³-hybridized carbons (Fsp3) is 0.273. The Bertz CT molecular complexity index is 902. The number of ketones is 1. The Morgan fingerprint density at radius 2 is 1.78 bits per heavy atom. The van der Waals surface area contributed by atoms with Crippen LogP contribution in [-0.2, 0) is 9.59 Å². The van der Waals surface area contributed by atoms with Crippen LogP contribution >= 0.6 is 0 Å². The Morgan fingerprint density at radius 1 is 1.11 bits per heavy atom. The Labute approximate surface area is 157 Å². The van der Waals surface area contributed by atoms with Gasteiger partial charge in [-0.15, -0.1) is 0 Å². The molecule has 1 atom stereocenters. The van der Waals surface area contributed by atoms with Crippen LogP contribution < -0.4 is 0 Å². The van der Waals surface area contributed by atoms with Gasteiger partial charge in [-0.2, -0.15) is 0 Å². The number of benzene rings is 2. The van der Waals surface area contributed by atoms with E-state index in [1.807, 2.05) is 13.8 Å². The van der Waals surface area contributed by atoms with E-state index in [1.165, 1.54) is 11.0 Å². The minimum atomic E-state index is -0.931. The molecule has 1 heterocycles. The highest BCUT2D eigenvalue weighted by Crippen LogP contribution is 2.40. The number of nitrogens with zero attached hydrogens (tertiary/aromatic N) is 1. The number of hydrogen-bond donors (Lipinski definition) is 1. The van der Waals surface area contributed by atoms with Crippen LogP contribution in [0.2, 0.25) is 0 Å². The van der Waals surface area contributed by atoms with Gasteiger partial charge in [0.2, 0.25) is 0 Å². The molecule has 1 unspecified atom stereocenters. The molecule has 2 aromatic rings. The summed E-state index contributed by atoms with van der Waals surface area (Å²) in [5, 5.41) is 10.8. The predicted molar refractivity (Wildman–Crippen MR) is 101 cm³/mol. The summed E-state index contributed by atoms with van der Waals surface area (Å²) in [6, 6.07) is 12.1. The van der Waals surface area contributed by atoms with Crippen LogP contribution in [0.5, 0.6) is 0 Å². The topological polar surface area (TPSA) is 57.6 Å². The number of carbonyl (C=O) groups is 2. The number of aliphatic hydroxyl groups excluding tert-OH is 1. The molecule has 3 rings (SSSR count). The minimum absolute atomic E-state index is 0.0648. The molecular weight excluding hydrogens is 345 g/mol. The van der Waals surface area contributed by atoms with Crippen molar-refractivity contribution < 1.29 is 19.1 Å². The third kappa shape index (κ3) is 3.50. The maximum Gasteiger partial charge on any atom is 0.295 e. The smallest absolute Gasteiger partial charge is 0.295 e. The van der Waals surface area contributed by atoms with Gasteiger partial charge in [0.15, 0.2) is 0 Å². The molecule has 0 saturated carbocycles. The van der Waals surface area contributed by atoms with Gasteiger partial charge in [-0.1, -0.05) is 61.4 Å². The predicted octanol–water partition coefficient (Wildman–Crippen LogP) is 4.36. The number of rotatable bonds is 5. The normalized spacial score (nSPS) is 18.9. The van der Waals surface area contributed by atoms with E-state index in [1.54, 1.807) is 42.5 Å². The molecule has 0 aliphatic carbocycles. The maximum atomic E-state index is 14.5. The molecule has 0 radical (unpaired) electrons. The number of amides is 1. The molecule has 140 valence electrons. The maximum absolute atomic E-state index is 14.5. The third-order valence-corrected chi connectivity index (χ3v) is 4.82. The fourth-order valence-electron chi connectivity index (χ4n) is 3.33. The number of likely N-dealkylation sites (tertiary alicyclic amines) is 1. The number of unbranched alkanes of at least 4 members (excludes halogenated alkanes) is 1. The van der Waals surface area contributed by atoms with E-state index in [0.29, 0.717) is 18.5 Å². The summed E-state index contributed by atoms with van der Waals surface area (Å²) >= 11 is 0. The Morgan fingerprint density at radius 3 is 2.41 bits per heavy atom. The number of hydrogen-bond acceptors (Lipinski definition) is 3. The van der Waals surface area contributed by atoms with Gasteiger partial charge in [0.1, 0.15) is 11.6 Å². The SMILES string of the molecule is CCCCN1C(=O)C(=O)/C(=C(\O)c2ccc(C)cc2)C1c1ccccc1F. The van der Waals surface area contributed by atoms with Crippen molar-refractivity contribution in [3.05, 3.63) is 76.6 Å². The van der Waals surface area contributed by atoms with Gasteiger partial charge in [-0.05, 0) is 19.4 Å². The van der Waals surface area contributed by atoms with Crippen molar-refractivity contribution in [3.63, 3.8) is 0 Å². The molecule has 1 N–H and O–H groups in total. The van der Waals surface area contributed by atoms with E-state index in [-0.39, 0.29) is 16.9 Å². The van der Waals surface area contributed by atoms with Crippen molar-refractivity contribution in [1.82, 2.24) is 4.90 Å². The lowest BCUT2D eigenvalue weighted by atomic mass is 9.94. The summed E-state index contributed by atoms with van der Waals surface area (Å²) in [7, 11) is 0. The van der Waals surface area contributed by atoms with Gasteiger partial charge in [0.25, 0.3) is 11.7 Å². The lowest BCUT2D eigenvalue weighted by molar-refractivity contribution is -0.139. The van der Waals surface area contributed by atoms with E-state index in [0.717, 1.165) is 12.0 Å². The summed E-state index contributed by atoms with van der Waals surface area (Å²) in [4.78, 5) is 26.7. The summed E-state index contributed by atoms with van der Waals surface area (Å²) in [6.45, 7) is 4.21. The molecule has 1 fully saturated rings. The van der Waals surface area contributed by atoms with E-state index in [4.69, 9.17) is 0 Å². The number of carbonyl (C=O) groups excluding carboxylic acids is 2. The average molecular weight is 367 g/mol. The van der Waals surface area contributed by atoms with Crippen molar-refractivity contribution >= 4 is 17.4 Å². The van der Waals surface area contributed by atoms with Gasteiger partial charge in [0.05, 0.1) is 11.6 Å². The molecule has 0 bridgehead atoms. The molecule has 4 nitrogen and oxygen atoms in total. The molecule has 0 spiro atoms. The first-order chi connectivity index (χ1) is 13.0. The first-order valence-electron chi connectivity index (χ1n) is 9.05. The van der Waals surface area contributed by atoms with Crippen LogP contribution in [0.3, 0.4) is 0 Å². The fourth-order valence-corrected chi connectivity index (χ4v) is 3.33. The van der Waals surface area contributed by atoms with Crippen LogP contribution in [0, 0.1) is 12.7 Å². The summed E-state index contributed by atoms with van der Waals surface area (Å²) in [6.07, 6.45) is 1.51. The Balaban J connectivity index is 2.18. The Kier molecular flexibility index (Phi) is 5.40. The van der Waals surface area contributed by atoms with E-state index in [2.05, 4.69) is 0 Å². The average Bonchev–Trinajstić information content (AvgIpc) is 2.91. The van der Waals surface area contributed by atoms with Gasteiger partial charge >= 0.3 is 0 Å². The second-order valence-electron chi connectivity index (χ2n) is 6.73. The standard InChI is InChI=1S/C22H22FNO3/c1-3-4-13-24-19(16-7-5-6-8-17(16)23)18(21(26)22(24)27)20(25)15-11-9-14(2)10-12-15/h5-12,19,25H,3-4,13H2,1-2H3/b20-18-. The lowest BCUT2D eigenvalue weighted by Crippen LogP contribution is -2.31. The highest BCUT2D eigenvalue weighted by atomic mass is 19.1. The molecule has 1 amide bonds. The molecular formula is C22H22FNO3. The monoisotopic (exact) mass is 367 g/mol. The molecule has 1 aliphatic rings. The number of Topliss-reactive ketones (excluding diaryl/α,β-unsaturated/α-hetero) is 1. The highest BCUT2D eigenvalue weighted by molar-refractivity contribution is 6.46. The quantitative estimate of drug-likeness (QED) is 0.485. The van der Waals surface area contributed by atoms with Crippen LogP contribution in [0.4, 0.5) is 4.39 Å². The molecule has 5 heteroatoms. The third-order valence-electron chi connectivity index (χ3n) is 4.82. The van der Waals surface area contributed by atoms with Gasteiger partial charge in [0, 0.05) is 17.7 Å². The zero-order chi connectivity index (χ0) is 19.6. The zero-order valence-corrected chi connectivity index (χ0v) is 15.4. The van der Waals surface area contributed by atoms with Crippen molar-refractivity contribution in [1.29, 1.82) is 0 Å². The highest BCUT2D eigenvalue weighted by Gasteiger charge is 2.46. The van der Waals surface area contributed by atoms with Crippen molar-refractivity contribution in [2.45, 2.75) is 32.7 Å². The van der Waals surface area contributed by atoms with Gasteiger partial charge in [-0.25, -0.2) is 4.39 Å². The van der Waals surface area contributed by atoms with E-state index in [9.17, 15) is 19.1 Å². The van der Waals surface area contributed by atoms with E-state index >= 15 is 0 Å². The van der Waals surface area contributed by atoms with Crippen LogP contribution in [-0.4, -0.2) is 28.2 Å². The largest absolute Gasteiger partial charge is 0.507 e. The number of aryl methyl sites for hydroxylation is 1. The first-order valence-corrected chi connectivity index (χ1v) is 9.05. The zero-order valence-electron chi connectivity index (χ0n) is 15.4. The van der Waals surface area contributed by atoms with Crippen molar-refractivity contribution in [2.24, 2.45) is 0 Å². The summed E-state index contributed by atoms with van der Waals surface area (Å²) < 4.78 is 14.5. The Hall–Kier alpha value is -2.95. The van der Waals surface area contributed by atoms with E-state index < -0.39 is 23.5 Å². The van der Waals surface area contributed by atoms with Crippen LogP contribution in [0.1, 0.15) is 42.5 Å². The van der Waals surface area contributed by atoms with Crippen molar-refractivity contribution in [3.8, 4) is 0 Å². The summed E-state index contributed by atoms with van der Waals surface area (Å²) in [5.74, 6) is -2.27. The number of halogens is 1. The molecule has 1 saturated heterocycles. The van der Waals surface area contributed by atoms with Crippen molar-refractivity contribution in [2.75, 3.05) is 6.54 Å². The first kappa shape index (κ1) is 18.8. The minimum Gasteiger partial charge on any atom is -0.507 e. The molecule has 2 aromatic carbocycles. The summed E-state index contributed by atoms with van der Waals surface area (Å²) in [5.41, 5.74) is 1.57. The molecule has 27 heavy (non-hydrogen) atoms. The van der Waals surface area contributed by atoms with Gasteiger partial charge in [-0.3, -0.25) is 9.59 Å². The second-order valence-corrected chi connectivity index (χ2v) is 6.73. The van der Waals surface area contributed by atoms with Gasteiger partial charge < -0.3 is 10.0 Å². The second kappa shape index (κ2) is 7.74. The lowest BCUT2D eigenvalue weighted by Gasteiger charge is -2.25. The number of aliphatic hydroxyl groups is 1. The molecule has 1 aliphatic heterocycles.